The van der Waals surface area contributed by atoms with Crippen molar-refractivity contribution in [2.45, 2.75) is 52.0 Å². The number of hydrogen-bond acceptors (Lipinski definition) is 3. The summed E-state index contributed by atoms with van der Waals surface area (Å²) in [7, 11) is 1.64. The summed E-state index contributed by atoms with van der Waals surface area (Å²) in [6, 6.07) is 0.511. The molecular formula is C15H30N2O2. The van der Waals surface area contributed by atoms with Gasteiger partial charge in [-0.25, -0.2) is 0 Å². The summed E-state index contributed by atoms with van der Waals surface area (Å²) >= 11 is 0. The van der Waals surface area contributed by atoms with E-state index in [4.69, 9.17) is 4.74 Å². The highest BCUT2D eigenvalue weighted by atomic mass is 16.5. The average molecular weight is 270 g/mol. The minimum Gasteiger partial charge on any atom is -0.383 e. The summed E-state index contributed by atoms with van der Waals surface area (Å²) in [5, 5.41) is 6.23. The van der Waals surface area contributed by atoms with Gasteiger partial charge in [0.1, 0.15) is 0 Å². The van der Waals surface area contributed by atoms with Gasteiger partial charge < -0.3 is 15.4 Å². The monoisotopic (exact) mass is 270 g/mol. The van der Waals surface area contributed by atoms with Crippen molar-refractivity contribution < 1.29 is 9.53 Å². The van der Waals surface area contributed by atoms with Gasteiger partial charge in [0.05, 0.1) is 13.2 Å². The standard InChI is InChI=1S/C15H30N2O2/c1-12(2)13-5-4-6-14(8-7-13)17-11-15(18)16-9-10-19-3/h12-14,17H,4-11H2,1-3H3,(H,16,18). The van der Waals surface area contributed by atoms with Gasteiger partial charge in [0.2, 0.25) is 5.91 Å². The molecule has 0 bridgehead atoms. The average Bonchev–Trinajstić information content (AvgIpc) is 2.62. The molecule has 2 N–H and O–H groups in total. The van der Waals surface area contributed by atoms with Crippen LogP contribution in [-0.2, 0) is 9.53 Å². The van der Waals surface area contributed by atoms with Gasteiger partial charge in [-0.1, -0.05) is 26.7 Å². The molecule has 1 aliphatic carbocycles. The maximum absolute atomic E-state index is 11.6. The van der Waals surface area contributed by atoms with Crippen molar-refractivity contribution in [1.29, 1.82) is 0 Å². The van der Waals surface area contributed by atoms with Crippen LogP contribution in [0.2, 0.25) is 0 Å². The fourth-order valence-corrected chi connectivity index (χ4v) is 2.79. The van der Waals surface area contributed by atoms with Crippen LogP contribution in [-0.4, -0.2) is 38.8 Å². The zero-order valence-electron chi connectivity index (χ0n) is 12.7. The van der Waals surface area contributed by atoms with Crippen molar-refractivity contribution in [2.75, 3.05) is 26.8 Å². The lowest BCUT2D eigenvalue weighted by atomic mass is 9.89. The molecular weight excluding hydrogens is 240 g/mol. The summed E-state index contributed by atoms with van der Waals surface area (Å²) in [5.74, 6) is 1.72. The molecule has 112 valence electrons. The van der Waals surface area contributed by atoms with E-state index in [0.717, 1.165) is 11.8 Å². The molecule has 0 spiro atoms. The van der Waals surface area contributed by atoms with Gasteiger partial charge in [0, 0.05) is 19.7 Å². The molecule has 1 amide bonds. The van der Waals surface area contributed by atoms with Crippen molar-refractivity contribution in [1.82, 2.24) is 10.6 Å². The number of ether oxygens (including phenoxy) is 1. The second kappa shape index (κ2) is 9.32. The SMILES string of the molecule is COCCNC(=O)CNC1CCCC(C(C)C)CC1. The molecule has 0 aromatic rings. The third kappa shape index (κ3) is 6.92. The van der Waals surface area contributed by atoms with E-state index >= 15 is 0 Å². The van der Waals surface area contributed by atoms with E-state index in [1.54, 1.807) is 7.11 Å². The first kappa shape index (κ1) is 16.4. The van der Waals surface area contributed by atoms with E-state index in [0.29, 0.717) is 25.7 Å². The van der Waals surface area contributed by atoms with Gasteiger partial charge in [0.25, 0.3) is 0 Å². The Kier molecular flexibility index (Phi) is 8.07. The van der Waals surface area contributed by atoms with Crippen LogP contribution in [0.25, 0.3) is 0 Å². The van der Waals surface area contributed by atoms with Crippen LogP contribution >= 0.6 is 0 Å². The zero-order chi connectivity index (χ0) is 14.1. The van der Waals surface area contributed by atoms with Crippen molar-refractivity contribution >= 4 is 5.91 Å². The number of rotatable bonds is 7. The Morgan fingerprint density at radius 3 is 2.74 bits per heavy atom. The molecule has 0 aromatic heterocycles. The summed E-state index contributed by atoms with van der Waals surface area (Å²) in [5.41, 5.74) is 0. The molecule has 2 atom stereocenters. The normalized spacial score (nSPS) is 24.2. The largest absolute Gasteiger partial charge is 0.383 e. The van der Waals surface area contributed by atoms with Crippen LogP contribution < -0.4 is 10.6 Å². The highest BCUT2D eigenvalue weighted by Gasteiger charge is 2.20. The highest BCUT2D eigenvalue weighted by Crippen LogP contribution is 2.28. The van der Waals surface area contributed by atoms with Crippen LogP contribution in [0.15, 0.2) is 0 Å². The number of carbonyl (C=O) groups excluding carboxylic acids is 1. The number of carbonyl (C=O) groups is 1. The molecule has 2 unspecified atom stereocenters. The van der Waals surface area contributed by atoms with Crippen LogP contribution in [0.5, 0.6) is 0 Å². The molecule has 4 nitrogen and oxygen atoms in total. The third-order valence-corrected chi connectivity index (χ3v) is 4.14. The highest BCUT2D eigenvalue weighted by molar-refractivity contribution is 5.77. The van der Waals surface area contributed by atoms with E-state index in [2.05, 4.69) is 24.5 Å². The summed E-state index contributed by atoms with van der Waals surface area (Å²) < 4.78 is 4.90. The Hall–Kier alpha value is -0.610. The molecule has 1 saturated carbocycles. The summed E-state index contributed by atoms with van der Waals surface area (Å²) in [4.78, 5) is 11.6. The number of hydrogen-bond donors (Lipinski definition) is 2. The lowest BCUT2D eigenvalue weighted by Gasteiger charge is -2.19. The first-order valence-electron chi connectivity index (χ1n) is 7.62. The van der Waals surface area contributed by atoms with Gasteiger partial charge in [-0.05, 0) is 31.1 Å². The molecule has 19 heavy (non-hydrogen) atoms. The van der Waals surface area contributed by atoms with Gasteiger partial charge in [0.15, 0.2) is 0 Å². The van der Waals surface area contributed by atoms with Crippen LogP contribution in [0, 0.1) is 11.8 Å². The summed E-state index contributed by atoms with van der Waals surface area (Å²) in [6.07, 6.45) is 6.32. The number of amides is 1. The number of nitrogens with one attached hydrogen (secondary N) is 2. The number of methoxy groups -OCH3 is 1. The fourth-order valence-electron chi connectivity index (χ4n) is 2.79. The van der Waals surface area contributed by atoms with Gasteiger partial charge >= 0.3 is 0 Å². The van der Waals surface area contributed by atoms with Gasteiger partial charge in [-0.3, -0.25) is 4.79 Å². The predicted molar refractivity (Wildman–Crippen MR) is 78.1 cm³/mol. The second-order valence-electron chi connectivity index (χ2n) is 5.93. The van der Waals surface area contributed by atoms with Crippen LogP contribution in [0.4, 0.5) is 0 Å². The summed E-state index contributed by atoms with van der Waals surface area (Å²) in [6.45, 7) is 6.24. The van der Waals surface area contributed by atoms with E-state index in [1.807, 2.05) is 0 Å². The van der Waals surface area contributed by atoms with Crippen LogP contribution in [0.3, 0.4) is 0 Å². The Labute approximate surface area is 117 Å². The molecule has 0 aromatic carbocycles. The second-order valence-corrected chi connectivity index (χ2v) is 5.93. The minimum atomic E-state index is 0.0710. The Morgan fingerprint density at radius 2 is 2.05 bits per heavy atom. The molecule has 1 rings (SSSR count). The fraction of sp³-hybridized carbons (Fsp3) is 0.933. The van der Waals surface area contributed by atoms with E-state index in [9.17, 15) is 4.79 Å². The lowest BCUT2D eigenvalue weighted by Crippen LogP contribution is -2.40. The molecule has 4 heteroatoms. The molecule has 0 heterocycles. The van der Waals surface area contributed by atoms with Gasteiger partial charge in [-0.2, -0.15) is 0 Å². The molecule has 1 fully saturated rings. The van der Waals surface area contributed by atoms with E-state index in [-0.39, 0.29) is 5.91 Å². The minimum absolute atomic E-state index is 0.0710. The molecule has 1 aliphatic rings. The topological polar surface area (TPSA) is 50.4 Å². The molecule has 0 aliphatic heterocycles. The van der Waals surface area contributed by atoms with Crippen molar-refractivity contribution in [3.05, 3.63) is 0 Å². The van der Waals surface area contributed by atoms with Crippen LogP contribution in [0.1, 0.15) is 46.0 Å². The Morgan fingerprint density at radius 1 is 1.26 bits per heavy atom. The first-order valence-corrected chi connectivity index (χ1v) is 7.62. The maximum atomic E-state index is 11.6. The molecule has 0 saturated heterocycles. The van der Waals surface area contributed by atoms with Crippen molar-refractivity contribution in [3.63, 3.8) is 0 Å². The van der Waals surface area contributed by atoms with Gasteiger partial charge in [-0.15, -0.1) is 0 Å². The first-order chi connectivity index (χ1) is 9.13. The third-order valence-electron chi connectivity index (χ3n) is 4.14. The maximum Gasteiger partial charge on any atom is 0.234 e. The van der Waals surface area contributed by atoms with Crippen molar-refractivity contribution in [3.8, 4) is 0 Å². The Bertz CT molecular complexity index is 257. The van der Waals surface area contributed by atoms with E-state index in [1.165, 1.54) is 32.1 Å². The quantitative estimate of drug-likeness (QED) is 0.549. The smallest absolute Gasteiger partial charge is 0.234 e. The van der Waals surface area contributed by atoms with E-state index < -0.39 is 0 Å². The zero-order valence-corrected chi connectivity index (χ0v) is 12.7. The lowest BCUT2D eigenvalue weighted by molar-refractivity contribution is -0.120. The van der Waals surface area contributed by atoms with Crippen molar-refractivity contribution in [2.24, 2.45) is 11.8 Å². The molecule has 0 radical (unpaired) electrons. The Balaban J connectivity index is 2.17. The predicted octanol–water partition coefficient (Wildman–Crippen LogP) is 1.94.